The molecule has 0 radical (unpaired) electrons. The Morgan fingerprint density at radius 3 is 2.65 bits per heavy atom. The molecule has 0 bridgehead atoms. The van der Waals surface area contributed by atoms with Crippen molar-refractivity contribution in [1.29, 1.82) is 0 Å². The molecule has 0 aliphatic heterocycles. The zero-order valence-corrected chi connectivity index (χ0v) is 13.0. The first-order chi connectivity index (χ1) is 9.67. The van der Waals surface area contributed by atoms with Crippen LogP contribution in [0.2, 0.25) is 0 Å². The summed E-state index contributed by atoms with van der Waals surface area (Å²) in [6.07, 6.45) is 2.49. The number of benzene rings is 1. The Morgan fingerprint density at radius 1 is 1.25 bits per heavy atom. The number of carbonyl (C=O) groups is 1. The number of hydrogen-bond acceptors (Lipinski definition) is 5. The van der Waals surface area contributed by atoms with Gasteiger partial charge in [0.05, 0.1) is 7.11 Å². The van der Waals surface area contributed by atoms with E-state index in [0.717, 1.165) is 9.26 Å². The molecule has 104 valence electrons. The van der Waals surface area contributed by atoms with Crippen LogP contribution in [0.15, 0.2) is 36.7 Å². The van der Waals surface area contributed by atoms with Crippen molar-refractivity contribution in [2.45, 2.75) is 12.8 Å². The number of rotatable bonds is 5. The molecular weight excluding hydrogens is 371 g/mol. The number of hydrogen-bond donors (Lipinski definition) is 0. The van der Waals surface area contributed by atoms with Gasteiger partial charge in [0.25, 0.3) is 0 Å². The minimum absolute atomic E-state index is 0.208. The summed E-state index contributed by atoms with van der Waals surface area (Å²) in [6.45, 7) is 0. The summed E-state index contributed by atoms with van der Waals surface area (Å²) < 4.78 is 11.0. The molecule has 0 N–H and O–H groups in total. The zero-order valence-electron chi connectivity index (χ0n) is 10.9. The van der Waals surface area contributed by atoms with Crippen molar-refractivity contribution in [3.8, 4) is 11.6 Å². The summed E-state index contributed by atoms with van der Waals surface area (Å²) in [6, 6.07) is 9.30. The number of methoxy groups -OCH3 is 1. The minimum atomic E-state index is -0.208. The second-order valence-electron chi connectivity index (χ2n) is 4.00. The van der Waals surface area contributed by atoms with E-state index in [9.17, 15) is 4.79 Å². The monoisotopic (exact) mass is 384 g/mol. The van der Waals surface area contributed by atoms with E-state index < -0.39 is 0 Å². The Hall–Kier alpha value is -1.70. The Bertz CT molecular complexity index is 587. The maximum Gasteiger partial charge on any atom is 0.305 e. The van der Waals surface area contributed by atoms with E-state index >= 15 is 0 Å². The van der Waals surface area contributed by atoms with E-state index in [1.165, 1.54) is 13.4 Å². The first-order valence-electron chi connectivity index (χ1n) is 5.98. The van der Waals surface area contributed by atoms with Gasteiger partial charge in [-0.1, -0.05) is 12.1 Å². The maximum absolute atomic E-state index is 11.1. The molecule has 0 amide bonds. The molecule has 2 aromatic rings. The molecule has 1 aromatic heterocycles. The highest BCUT2D eigenvalue weighted by molar-refractivity contribution is 14.1. The predicted octanol–water partition coefficient (Wildman–Crippen LogP) is 2.98. The molecule has 0 saturated heterocycles. The van der Waals surface area contributed by atoms with Gasteiger partial charge in [-0.25, -0.2) is 9.97 Å². The molecule has 0 aliphatic carbocycles. The van der Waals surface area contributed by atoms with Gasteiger partial charge >= 0.3 is 5.97 Å². The average Bonchev–Trinajstić information content (AvgIpc) is 2.46. The van der Waals surface area contributed by atoms with Gasteiger partial charge < -0.3 is 9.47 Å². The van der Waals surface area contributed by atoms with Gasteiger partial charge in [-0.15, -0.1) is 0 Å². The highest BCUT2D eigenvalue weighted by atomic mass is 127. The molecule has 0 saturated carbocycles. The van der Waals surface area contributed by atoms with Crippen molar-refractivity contribution < 1.29 is 14.3 Å². The van der Waals surface area contributed by atoms with Gasteiger partial charge in [0, 0.05) is 12.5 Å². The van der Waals surface area contributed by atoms with Crippen molar-refractivity contribution in [1.82, 2.24) is 9.97 Å². The molecule has 0 unspecified atom stereocenters. The van der Waals surface area contributed by atoms with Gasteiger partial charge in [-0.3, -0.25) is 4.79 Å². The highest BCUT2D eigenvalue weighted by Crippen LogP contribution is 2.20. The van der Waals surface area contributed by atoms with E-state index in [1.54, 1.807) is 6.07 Å². The van der Waals surface area contributed by atoms with Crippen LogP contribution in [0.3, 0.4) is 0 Å². The van der Waals surface area contributed by atoms with E-state index in [-0.39, 0.29) is 5.97 Å². The smallest absolute Gasteiger partial charge is 0.305 e. The third-order valence-electron chi connectivity index (χ3n) is 2.60. The number of halogens is 1. The van der Waals surface area contributed by atoms with E-state index in [1.807, 2.05) is 24.3 Å². The summed E-state index contributed by atoms with van der Waals surface area (Å²) in [7, 11) is 1.39. The molecule has 20 heavy (non-hydrogen) atoms. The molecule has 0 atom stereocenters. The molecule has 6 heteroatoms. The SMILES string of the molecule is COC(=O)CCc1ccc(Oc2cc(I)ncn2)cc1. The average molecular weight is 384 g/mol. The van der Waals surface area contributed by atoms with Gasteiger partial charge in [0.1, 0.15) is 15.8 Å². The molecule has 0 aliphatic rings. The third kappa shape index (κ3) is 4.44. The quantitative estimate of drug-likeness (QED) is 0.451. The van der Waals surface area contributed by atoms with Crippen LogP contribution in [0.25, 0.3) is 0 Å². The number of aromatic nitrogens is 2. The predicted molar refractivity (Wildman–Crippen MR) is 81.6 cm³/mol. The number of esters is 1. The standard InChI is InChI=1S/C14H13IN2O3/c1-19-14(18)7-4-10-2-5-11(6-3-10)20-13-8-12(15)16-9-17-13/h2-3,5-6,8-9H,4,7H2,1H3. The van der Waals surface area contributed by atoms with Crippen LogP contribution in [0, 0.1) is 3.70 Å². The molecule has 1 heterocycles. The first kappa shape index (κ1) is 14.7. The second-order valence-corrected chi connectivity index (χ2v) is 5.11. The van der Waals surface area contributed by atoms with Crippen molar-refractivity contribution in [3.63, 3.8) is 0 Å². The largest absolute Gasteiger partial charge is 0.469 e. The molecule has 1 aromatic carbocycles. The number of nitrogens with zero attached hydrogens (tertiary/aromatic N) is 2. The van der Waals surface area contributed by atoms with Gasteiger partial charge in [0.2, 0.25) is 5.88 Å². The van der Waals surface area contributed by atoms with Gasteiger partial charge in [0.15, 0.2) is 0 Å². The Labute approximate surface area is 130 Å². The number of carbonyl (C=O) groups excluding carboxylic acids is 1. The molecule has 5 nitrogen and oxygen atoms in total. The van der Waals surface area contributed by atoms with Crippen LogP contribution in [0.1, 0.15) is 12.0 Å². The lowest BCUT2D eigenvalue weighted by Gasteiger charge is -2.06. The zero-order chi connectivity index (χ0) is 14.4. The van der Waals surface area contributed by atoms with Crippen LogP contribution in [0.4, 0.5) is 0 Å². The van der Waals surface area contributed by atoms with Crippen molar-refractivity contribution in [2.75, 3.05) is 7.11 Å². The summed E-state index contributed by atoms with van der Waals surface area (Å²) in [5, 5.41) is 0. The third-order valence-corrected chi connectivity index (χ3v) is 3.19. The van der Waals surface area contributed by atoms with Gasteiger partial charge in [-0.05, 0) is 46.7 Å². The number of aryl methyl sites for hydroxylation is 1. The van der Waals surface area contributed by atoms with Crippen LogP contribution in [-0.4, -0.2) is 23.0 Å². The topological polar surface area (TPSA) is 61.3 Å². The van der Waals surface area contributed by atoms with E-state index in [4.69, 9.17) is 4.74 Å². The van der Waals surface area contributed by atoms with Crippen LogP contribution in [0.5, 0.6) is 11.6 Å². The fourth-order valence-electron chi connectivity index (χ4n) is 1.57. The Balaban J connectivity index is 1.96. The summed E-state index contributed by atoms with van der Waals surface area (Å²) in [4.78, 5) is 19.1. The fraction of sp³-hybridized carbons (Fsp3) is 0.214. The summed E-state index contributed by atoms with van der Waals surface area (Å²) in [5.41, 5.74) is 1.06. The van der Waals surface area contributed by atoms with Crippen LogP contribution >= 0.6 is 22.6 Å². The molecule has 0 fully saturated rings. The molecular formula is C14H13IN2O3. The van der Waals surface area contributed by atoms with Crippen LogP contribution < -0.4 is 4.74 Å². The minimum Gasteiger partial charge on any atom is -0.469 e. The lowest BCUT2D eigenvalue weighted by atomic mass is 10.1. The Morgan fingerprint density at radius 2 is 2.00 bits per heavy atom. The fourth-order valence-corrected chi connectivity index (χ4v) is 1.96. The Kier molecular flexibility index (Phi) is 5.28. The molecule has 0 spiro atoms. The summed E-state index contributed by atoms with van der Waals surface area (Å²) in [5.74, 6) is 0.994. The van der Waals surface area contributed by atoms with Crippen molar-refractivity contribution >= 4 is 28.6 Å². The van der Waals surface area contributed by atoms with Crippen molar-refractivity contribution in [3.05, 3.63) is 45.9 Å². The second kappa shape index (κ2) is 7.18. The summed E-state index contributed by atoms with van der Waals surface area (Å²) >= 11 is 2.10. The van der Waals surface area contributed by atoms with Crippen LogP contribution in [-0.2, 0) is 16.0 Å². The van der Waals surface area contributed by atoms with Gasteiger partial charge in [-0.2, -0.15) is 0 Å². The van der Waals surface area contributed by atoms with E-state index in [0.29, 0.717) is 24.5 Å². The highest BCUT2D eigenvalue weighted by Gasteiger charge is 2.03. The molecule has 2 rings (SSSR count). The lowest BCUT2D eigenvalue weighted by Crippen LogP contribution is -2.01. The van der Waals surface area contributed by atoms with Crippen molar-refractivity contribution in [2.24, 2.45) is 0 Å². The van der Waals surface area contributed by atoms with E-state index in [2.05, 4.69) is 37.3 Å². The number of ether oxygens (including phenoxy) is 2. The first-order valence-corrected chi connectivity index (χ1v) is 7.06. The lowest BCUT2D eigenvalue weighted by molar-refractivity contribution is -0.140. The maximum atomic E-state index is 11.1. The normalized spacial score (nSPS) is 10.1.